The van der Waals surface area contributed by atoms with Gasteiger partial charge in [0.25, 0.3) is 6.43 Å². The summed E-state index contributed by atoms with van der Waals surface area (Å²) in [4.78, 5) is 0. The third kappa shape index (κ3) is 4.45. The van der Waals surface area contributed by atoms with Gasteiger partial charge in [0, 0.05) is 6.07 Å². The Bertz CT molecular complexity index is 664. The molecule has 0 saturated heterocycles. The van der Waals surface area contributed by atoms with E-state index >= 15 is 0 Å². The van der Waals surface area contributed by atoms with Crippen LogP contribution >= 0.6 is 0 Å². The van der Waals surface area contributed by atoms with Crippen molar-refractivity contribution in [1.82, 2.24) is 0 Å². The second kappa shape index (κ2) is 7.42. The van der Waals surface area contributed by atoms with Crippen molar-refractivity contribution < 1.29 is 17.9 Å². The third-order valence-corrected chi connectivity index (χ3v) is 2.15. The molecule has 0 bridgehead atoms. The highest BCUT2D eigenvalue weighted by atomic mass is 19.3. The van der Waals surface area contributed by atoms with E-state index in [1.165, 1.54) is 12.1 Å². The Labute approximate surface area is 118 Å². The summed E-state index contributed by atoms with van der Waals surface area (Å²) in [5.41, 5.74) is -1.11. The lowest BCUT2D eigenvalue weighted by Gasteiger charge is -2.12. The molecule has 0 radical (unpaired) electrons. The monoisotopic (exact) mass is 292 g/mol. The molecule has 21 heavy (non-hydrogen) atoms. The Hall–Kier alpha value is -3.18. The van der Waals surface area contributed by atoms with Crippen molar-refractivity contribution in [3.63, 3.8) is 0 Å². The van der Waals surface area contributed by atoms with Gasteiger partial charge in [-0.05, 0) is 12.1 Å². The smallest absolute Gasteiger partial charge is 0.272 e. The van der Waals surface area contributed by atoms with Crippen molar-refractivity contribution in [3.8, 4) is 24.0 Å². The van der Waals surface area contributed by atoms with Gasteiger partial charge in [0.1, 0.15) is 42.1 Å². The fourth-order valence-corrected chi connectivity index (χ4v) is 1.30. The molecular formula is C13H7F3N4O. The van der Waals surface area contributed by atoms with Crippen molar-refractivity contribution in [2.75, 3.05) is 11.9 Å². The van der Waals surface area contributed by atoms with Crippen LogP contribution in [0.4, 0.5) is 18.9 Å². The maximum atomic E-state index is 13.2. The first-order valence-corrected chi connectivity index (χ1v) is 5.44. The predicted molar refractivity (Wildman–Crippen MR) is 65.4 cm³/mol. The van der Waals surface area contributed by atoms with Crippen molar-refractivity contribution in [2.45, 2.75) is 6.43 Å². The van der Waals surface area contributed by atoms with E-state index in [1.807, 2.05) is 0 Å². The SMILES string of the molecule is N#CC(C#N)=C(C#N)Nc1cc(F)ccc1OCC(F)F. The average Bonchev–Trinajstić information content (AvgIpc) is 2.46. The Balaban J connectivity index is 3.15. The predicted octanol–water partition coefficient (Wildman–Crippen LogP) is 2.71. The molecule has 0 aliphatic carbocycles. The number of ether oxygens (including phenoxy) is 1. The Morgan fingerprint density at radius 3 is 2.38 bits per heavy atom. The fraction of sp³-hybridized carbons (Fsp3) is 0.154. The molecule has 0 unspecified atom stereocenters. The molecule has 0 amide bonds. The first-order chi connectivity index (χ1) is 10.0. The van der Waals surface area contributed by atoms with Crippen molar-refractivity contribution in [2.24, 2.45) is 0 Å². The molecular weight excluding hydrogens is 285 g/mol. The zero-order valence-electron chi connectivity index (χ0n) is 10.4. The maximum absolute atomic E-state index is 13.2. The minimum atomic E-state index is -2.73. The number of hydrogen-bond acceptors (Lipinski definition) is 5. The van der Waals surface area contributed by atoms with E-state index in [-0.39, 0.29) is 11.4 Å². The number of hydrogen-bond donors (Lipinski definition) is 1. The molecule has 0 spiro atoms. The molecule has 1 N–H and O–H groups in total. The van der Waals surface area contributed by atoms with Crippen LogP contribution in [0.15, 0.2) is 29.5 Å². The van der Waals surface area contributed by atoms with Crippen LogP contribution in [-0.4, -0.2) is 13.0 Å². The van der Waals surface area contributed by atoms with Crippen LogP contribution in [0.5, 0.6) is 5.75 Å². The molecule has 0 saturated carbocycles. The van der Waals surface area contributed by atoms with Crippen LogP contribution in [0.3, 0.4) is 0 Å². The number of alkyl halides is 2. The number of halogens is 3. The van der Waals surface area contributed by atoms with Crippen LogP contribution in [0, 0.1) is 39.8 Å². The summed E-state index contributed by atoms with van der Waals surface area (Å²) in [6, 6.07) is 7.50. The lowest BCUT2D eigenvalue weighted by Crippen LogP contribution is -2.09. The molecule has 1 aromatic carbocycles. The van der Waals surface area contributed by atoms with E-state index in [4.69, 9.17) is 20.5 Å². The molecule has 0 aliphatic heterocycles. The van der Waals surface area contributed by atoms with E-state index in [0.29, 0.717) is 0 Å². The van der Waals surface area contributed by atoms with Gasteiger partial charge in [-0.3, -0.25) is 0 Å². The van der Waals surface area contributed by atoms with Gasteiger partial charge in [-0.2, -0.15) is 15.8 Å². The highest BCUT2D eigenvalue weighted by Crippen LogP contribution is 2.27. The average molecular weight is 292 g/mol. The molecule has 1 aromatic rings. The lowest BCUT2D eigenvalue weighted by molar-refractivity contribution is 0.0822. The quantitative estimate of drug-likeness (QED) is 0.842. The van der Waals surface area contributed by atoms with Gasteiger partial charge in [0.15, 0.2) is 5.57 Å². The van der Waals surface area contributed by atoms with Gasteiger partial charge < -0.3 is 10.1 Å². The Morgan fingerprint density at radius 2 is 1.86 bits per heavy atom. The van der Waals surface area contributed by atoms with Crippen LogP contribution in [0.2, 0.25) is 0 Å². The molecule has 0 heterocycles. The minimum Gasteiger partial charge on any atom is -0.485 e. The summed E-state index contributed by atoms with van der Waals surface area (Å²) in [7, 11) is 0. The lowest BCUT2D eigenvalue weighted by atomic mass is 10.2. The van der Waals surface area contributed by atoms with Gasteiger partial charge in [0.2, 0.25) is 0 Å². The normalized spacial score (nSPS) is 9.19. The number of nitrogens with one attached hydrogen (secondary N) is 1. The molecule has 0 fully saturated rings. The highest BCUT2D eigenvalue weighted by molar-refractivity contribution is 5.64. The number of nitriles is 3. The fourth-order valence-electron chi connectivity index (χ4n) is 1.30. The molecule has 0 atom stereocenters. The summed E-state index contributed by atoms with van der Waals surface area (Å²) in [6.07, 6.45) is -2.73. The minimum absolute atomic E-state index is 0.139. The van der Waals surface area contributed by atoms with Gasteiger partial charge >= 0.3 is 0 Å². The van der Waals surface area contributed by atoms with Gasteiger partial charge in [0.05, 0.1) is 5.69 Å². The van der Waals surface area contributed by atoms with Crippen LogP contribution in [0.1, 0.15) is 0 Å². The van der Waals surface area contributed by atoms with Crippen molar-refractivity contribution >= 4 is 5.69 Å². The van der Waals surface area contributed by atoms with Crippen molar-refractivity contribution in [3.05, 3.63) is 35.3 Å². The van der Waals surface area contributed by atoms with Crippen LogP contribution in [-0.2, 0) is 0 Å². The molecule has 5 nitrogen and oxygen atoms in total. The maximum Gasteiger partial charge on any atom is 0.272 e. The summed E-state index contributed by atoms with van der Waals surface area (Å²) in [6.45, 7) is -0.921. The Morgan fingerprint density at radius 1 is 1.19 bits per heavy atom. The molecule has 0 aliphatic rings. The summed E-state index contributed by atoms with van der Waals surface area (Å²) in [5, 5.41) is 28.6. The molecule has 8 heteroatoms. The van der Waals surface area contributed by atoms with E-state index in [1.54, 1.807) is 6.07 Å². The van der Waals surface area contributed by atoms with E-state index in [0.717, 1.165) is 18.2 Å². The Kier molecular flexibility index (Phi) is 5.61. The number of rotatable bonds is 5. The number of allylic oxidation sites excluding steroid dienone is 2. The van der Waals surface area contributed by atoms with Gasteiger partial charge in [-0.15, -0.1) is 0 Å². The van der Waals surface area contributed by atoms with Crippen LogP contribution in [0.25, 0.3) is 0 Å². The van der Waals surface area contributed by atoms with E-state index < -0.39 is 30.1 Å². The van der Waals surface area contributed by atoms with Gasteiger partial charge in [-0.1, -0.05) is 0 Å². The zero-order valence-corrected chi connectivity index (χ0v) is 10.4. The topological polar surface area (TPSA) is 92.6 Å². The van der Waals surface area contributed by atoms with E-state index in [2.05, 4.69) is 5.32 Å². The molecule has 106 valence electrons. The van der Waals surface area contributed by atoms with Crippen molar-refractivity contribution in [1.29, 1.82) is 15.8 Å². The number of anilines is 1. The summed E-state index contributed by atoms with van der Waals surface area (Å²) >= 11 is 0. The van der Waals surface area contributed by atoms with E-state index in [9.17, 15) is 13.2 Å². The first-order valence-electron chi connectivity index (χ1n) is 5.44. The summed E-state index contributed by atoms with van der Waals surface area (Å²) < 4.78 is 42.2. The second-order valence-corrected chi connectivity index (χ2v) is 3.55. The summed E-state index contributed by atoms with van der Waals surface area (Å²) in [5.74, 6) is -0.852. The van der Waals surface area contributed by atoms with Gasteiger partial charge in [-0.25, -0.2) is 13.2 Å². The number of benzene rings is 1. The largest absolute Gasteiger partial charge is 0.485 e. The highest BCUT2D eigenvalue weighted by Gasteiger charge is 2.12. The molecule has 1 rings (SSSR count). The second-order valence-electron chi connectivity index (χ2n) is 3.55. The molecule has 0 aromatic heterocycles. The standard InChI is InChI=1S/C13H7F3N4O/c14-9-1-2-12(21-7-13(15)16)10(3-9)20-11(6-19)8(4-17)5-18/h1-3,13,20H,7H2. The number of nitrogens with zero attached hydrogens (tertiary/aromatic N) is 3. The first kappa shape index (κ1) is 15.9. The van der Waals surface area contributed by atoms with Crippen LogP contribution < -0.4 is 10.1 Å². The third-order valence-electron chi connectivity index (χ3n) is 2.15. The zero-order chi connectivity index (χ0) is 15.8.